The van der Waals surface area contributed by atoms with Crippen molar-refractivity contribution in [3.63, 3.8) is 0 Å². The Kier molecular flexibility index (Phi) is 6.22. The fourth-order valence-corrected chi connectivity index (χ4v) is 4.64. The molecule has 4 nitrogen and oxygen atoms in total. The third-order valence-electron chi connectivity index (χ3n) is 5.56. The molecule has 2 aromatic heterocycles. The van der Waals surface area contributed by atoms with Crippen LogP contribution in [0.5, 0.6) is 0 Å². The zero-order valence-corrected chi connectivity index (χ0v) is 20.4. The van der Waals surface area contributed by atoms with Crippen molar-refractivity contribution in [2.75, 3.05) is 12.4 Å². The normalized spacial score (nSPS) is 11.4. The zero-order valence-electron chi connectivity index (χ0n) is 18.1. The van der Waals surface area contributed by atoms with E-state index in [1.165, 1.54) is 0 Å². The van der Waals surface area contributed by atoms with Gasteiger partial charge in [-0.15, -0.1) is 0 Å². The highest BCUT2D eigenvalue weighted by Gasteiger charge is 2.22. The summed E-state index contributed by atoms with van der Waals surface area (Å²) in [6, 6.07) is 14.9. The number of hydrogen-bond donors (Lipinski definition) is 1. The second-order valence-corrected chi connectivity index (χ2v) is 9.22. The van der Waals surface area contributed by atoms with Crippen LogP contribution in [0.2, 0.25) is 15.1 Å². The van der Waals surface area contributed by atoms with Crippen LogP contribution in [0.4, 0.5) is 5.69 Å². The van der Waals surface area contributed by atoms with Gasteiger partial charge in [0, 0.05) is 46.2 Å². The molecule has 164 valence electrons. The van der Waals surface area contributed by atoms with Crippen molar-refractivity contribution in [1.29, 1.82) is 0 Å². The van der Waals surface area contributed by atoms with Gasteiger partial charge < -0.3 is 5.32 Å². The summed E-state index contributed by atoms with van der Waals surface area (Å²) in [5.41, 5.74) is 5.22. The largest absolute Gasteiger partial charge is 0.387 e. The van der Waals surface area contributed by atoms with Crippen LogP contribution in [0.3, 0.4) is 0 Å². The lowest BCUT2D eigenvalue weighted by Gasteiger charge is -2.20. The Morgan fingerprint density at radius 2 is 1.59 bits per heavy atom. The predicted molar refractivity (Wildman–Crippen MR) is 137 cm³/mol. The first-order valence-electron chi connectivity index (χ1n) is 10.2. The number of hydrogen-bond acceptors (Lipinski definition) is 3. The maximum Gasteiger partial charge on any atom is 0.257 e. The summed E-state index contributed by atoms with van der Waals surface area (Å²) < 4.78 is 1.60. The van der Waals surface area contributed by atoms with Gasteiger partial charge in [0.05, 0.1) is 16.4 Å². The molecule has 1 N–H and O–H groups in total. The summed E-state index contributed by atoms with van der Waals surface area (Å²) in [6.45, 7) is 4.03. The predicted octanol–water partition coefficient (Wildman–Crippen LogP) is 7.39. The Bertz CT molecular complexity index is 1390. The molecule has 0 aliphatic heterocycles. The minimum absolute atomic E-state index is 0.0462. The number of anilines is 1. The molecule has 0 saturated heterocycles. The SMILES string of the molecule is CNc1c(C(C)C)c(=O)n(C)c2nc(-c3ccc(Cl)cc3Cl)c(-c3ccc(Cl)cc3)cc12. The third-order valence-corrected chi connectivity index (χ3v) is 6.36. The molecule has 0 saturated carbocycles. The molecule has 0 atom stereocenters. The number of aromatic nitrogens is 2. The van der Waals surface area contributed by atoms with Gasteiger partial charge in [0.15, 0.2) is 0 Å². The summed E-state index contributed by atoms with van der Waals surface area (Å²) in [5.74, 6) is 0.0462. The van der Waals surface area contributed by atoms with Crippen LogP contribution < -0.4 is 10.9 Å². The topological polar surface area (TPSA) is 46.9 Å². The minimum Gasteiger partial charge on any atom is -0.387 e. The van der Waals surface area contributed by atoms with Gasteiger partial charge in [-0.3, -0.25) is 9.36 Å². The maximum absolute atomic E-state index is 13.2. The Morgan fingerprint density at radius 1 is 0.938 bits per heavy atom. The molecular weight excluding hydrogens is 465 g/mol. The van der Waals surface area contributed by atoms with E-state index in [1.54, 1.807) is 23.7 Å². The highest BCUT2D eigenvalue weighted by Crippen LogP contribution is 2.40. The number of benzene rings is 2. The molecule has 7 heteroatoms. The monoisotopic (exact) mass is 485 g/mol. The molecule has 0 unspecified atom stereocenters. The standard InChI is InChI=1S/C25H22Cl3N3O/c1-13(2)21-23(29-3)19-12-18(14-5-7-15(26)8-6-14)22(30-24(19)31(4)25(21)32)17-10-9-16(27)11-20(17)28/h5-13,29H,1-4H3. The number of rotatable bonds is 4. The second-order valence-electron chi connectivity index (χ2n) is 7.94. The summed E-state index contributed by atoms with van der Waals surface area (Å²) in [7, 11) is 3.57. The highest BCUT2D eigenvalue weighted by molar-refractivity contribution is 6.36. The molecule has 2 aromatic carbocycles. The maximum atomic E-state index is 13.2. The minimum atomic E-state index is -0.0725. The number of fused-ring (bicyclic) bond motifs is 1. The smallest absolute Gasteiger partial charge is 0.257 e. The van der Waals surface area contributed by atoms with Gasteiger partial charge in [-0.2, -0.15) is 0 Å². The van der Waals surface area contributed by atoms with Crippen molar-refractivity contribution >= 4 is 51.5 Å². The number of aryl methyl sites for hydroxylation is 1. The molecule has 4 aromatic rings. The zero-order chi connectivity index (χ0) is 23.2. The van der Waals surface area contributed by atoms with E-state index < -0.39 is 0 Å². The molecule has 0 radical (unpaired) electrons. The molecule has 4 rings (SSSR count). The summed E-state index contributed by atoms with van der Waals surface area (Å²) in [6.07, 6.45) is 0. The van der Waals surface area contributed by atoms with Crippen molar-refractivity contribution < 1.29 is 0 Å². The van der Waals surface area contributed by atoms with Crippen molar-refractivity contribution in [3.8, 4) is 22.4 Å². The molecule has 0 aliphatic rings. The third kappa shape index (κ3) is 3.88. The van der Waals surface area contributed by atoms with E-state index in [0.717, 1.165) is 33.3 Å². The van der Waals surface area contributed by atoms with Gasteiger partial charge in [-0.25, -0.2) is 4.98 Å². The fourth-order valence-electron chi connectivity index (χ4n) is 4.01. The fraction of sp³-hybridized carbons (Fsp3) is 0.200. The van der Waals surface area contributed by atoms with E-state index in [0.29, 0.717) is 26.4 Å². The lowest BCUT2D eigenvalue weighted by atomic mass is 9.95. The van der Waals surface area contributed by atoms with E-state index in [2.05, 4.69) is 11.4 Å². The van der Waals surface area contributed by atoms with Crippen molar-refractivity contribution in [2.45, 2.75) is 19.8 Å². The lowest BCUT2D eigenvalue weighted by Crippen LogP contribution is -2.25. The molecule has 0 bridgehead atoms. The van der Waals surface area contributed by atoms with Gasteiger partial charge >= 0.3 is 0 Å². The molecule has 0 aliphatic carbocycles. The Hall–Kier alpha value is -2.53. The van der Waals surface area contributed by atoms with Gasteiger partial charge in [-0.1, -0.05) is 60.8 Å². The number of pyridine rings is 2. The second kappa shape index (κ2) is 8.78. The Balaban J connectivity index is 2.18. The van der Waals surface area contributed by atoms with E-state index in [4.69, 9.17) is 39.8 Å². The number of nitrogens with zero attached hydrogens (tertiary/aromatic N) is 2. The van der Waals surface area contributed by atoms with Crippen LogP contribution >= 0.6 is 34.8 Å². The van der Waals surface area contributed by atoms with E-state index in [-0.39, 0.29) is 11.5 Å². The first-order valence-corrected chi connectivity index (χ1v) is 11.3. The molecule has 0 amide bonds. The number of halogens is 3. The molecule has 32 heavy (non-hydrogen) atoms. The van der Waals surface area contributed by atoms with Crippen LogP contribution in [0.25, 0.3) is 33.4 Å². The average Bonchev–Trinajstić information content (AvgIpc) is 2.75. The van der Waals surface area contributed by atoms with E-state index in [9.17, 15) is 4.79 Å². The summed E-state index contributed by atoms with van der Waals surface area (Å²) in [4.78, 5) is 18.1. The Morgan fingerprint density at radius 3 is 2.19 bits per heavy atom. The van der Waals surface area contributed by atoms with Crippen molar-refractivity contribution in [3.05, 3.63) is 79.5 Å². The lowest BCUT2D eigenvalue weighted by molar-refractivity contribution is 0.798. The van der Waals surface area contributed by atoms with Gasteiger partial charge in [0.25, 0.3) is 5.56 Å². The van der Waals surface area contributed by atoms with Crippen LogP contribution in [0.1, 0.15) is 25.3 Å². The van der Waals surface area contributed by atoms with Crippen LogP contribution in [0.15, 0.2) is 53.3 Å². The highest BCUT2D eigenvalue weighted by atomic mass is 35.5. The van der Waals surface area contributed by atoms with Crippen LogP contribution in [0, 0.1) is 0 Å². The average molecular weight is 487 g/mol. The molecule has 0 spiro atoms. The van der Waals surface area contributed by atoms with E-state index in [1.807, 2.05) is 51.2 Å². The van der Waals surface area contributed by atoms with Crippen LogP contribution in [-0.4, -0.2) is 16.6 Å². The first kappa shape index (κ1) is 22.7. The number of nitrogens with one attached hydrogen (secondary N) is 1. The van der Waals surface area contributed by atoms with E-state index >= 15 is 0 Å². The van der Waals surface area contributed by atoms with Crippen molar-refractivity contribution in [2.24, 2.45) is 7.05 Å². The summed E-state index contributed by atoms with van der Waals surface area (Å²) >= 11 is 18.8. The Labute approximate surface area is 201 Å². The molecule has 2 heterocycles. The molecular formula is C25H22Cl3N3O. The van der Waals surface area contributed by atoms with Crippen molar-refractivity contribution in [1.82, 2.24) is 9.55 Å². The van der Waals surface area contributed by atoms with Gasteiger partial charge in [0.1, 0.15) is 5.65 Å². The summed E-state index contributed by atoms with van der Waals surface area (Å²) in [5, 5.41) is 5.77. The quantitative estimate of drug-likeness (QED) is 0.327. The first-order chi connectivity index (χ1) is 15.2. The van der Waals surface area contributed by atoms with Gasteiger partial charge in [-0.05, 0) is 47.9 Å². The molecule has 0 fully saturated rings. The van der Waals surface area contributed by atoms with Crippen LogP contribution in [-0.2, 0) is 7.05 Å². The van der Waals surface area contributed by atoms with Gasteiger partial charge in [0.2, 0.25) is 0 Å².